The van der Waals surface area contributed by atoms with Crippen LogP contribution in [-0.4, -0.2) is 41.0 Å². The van der Waals surface area contributed by atoms with Crippen LogP contribution in [0.15, 0.2) is 55.4 Å². The van der Waals surface area contributed by atoms with Gasteiger partial charge in [-0.15, -0.1) is 6.58 Å². The number of esters is 1. The van der Waals surface area contributed by atoms with Gasteiger partial charge < -0.3 is 14.8 Å². The molecule has 0 spiro atoms. The van der Waals surface area contributed by atoms with Gasteiger partial charge in [0.05, 0.1) is 18.5 Å². The Bertz CT molecular complexity index is 712. The molecule has 132 valence electrons. The highest BCUT2D eigenvalue weighted by atomic mass is 16.6. The molecular weight excluding hydrogens is 322 g/mol. The summed E-state index contributed by atoms with van der Waals surface area (Å²) < 4.78 is 11.7. The second-order valence-corrected chi connectivity index (χ2v) is 5.28. The number of carbonyl (C=O) groups is 2. The number of benzene rings is 1. The molecule has 0 aliphatic heterocycles. The summed E-state index contributed by atoms with van der Waals surface area (Å²) >= 11 is 0. The number of para-hydroxylation sites is 1. The fourth-order valence-corrected chi connectivity index (χ4v) is 1.96. The quantitative estimate of drug-likeness (QED) is 0.553. The van der Waals surface area contributed by atoms with Crippen molar-refractivity contribution in [2.45, 2.75) is 19.6 Å². The van der Waals surface area contributed by atoms with E-state index in [1.807, 2.05) is 36.5 Å². The topological polar surface area (TPSA) is 82.4 Å². The molecule has 1 heterocycles. The summed E-state index contributed by atoms with van der Waals surface area (Å²) in [6, 6.07) is 9.65. The molecule has 0 radical (unpaired) electrons. The maximum Gasteiger partial charge on any atom is 0.335 e. The molecule has 1 amide bonds. The number of hydrogen-bond donors (Lipinski definition) is 1. The van der Waals surface area contributed by atoms with Crippen LogP contribution in [0.3, 0.4) is 0 Å². The Labute approximate surface area is 146 Å². The number of nitrogens with one attached hydrogen (secondary N) is 1. The third kappa shape index (κ3) is 5.89. The van der Waals surface area contributed by atoms with Crippen molar-refractivity contribution in [2.75, 3.05) is 13.2 Å². The smallest absolute Gasteiger partial charge is 0.335 e. The minimum Gasteiger partial charge on any atom is -0.454 e. The molecule has 0 saturated heterocycles. The van der Waals surface area contributed by atoms with Crippen molar-refractivity contribution in [1.82, 2.24) is 15.1 Å². The Hall–Kier alpha value is -2.93. The molecule has 2 aromatic rings. The molecule has 25 heavy (non-hydrogen) atoms. The fourth-order valence-electron chi connectivity index (χ4n) is 1.96. The van der Waals surface area contributed by atoms with Crippen LogP contribution < -0.4 is 5.32 Å². The average molecular weight is 343 g/mol. The fraction of sp³-hybridized carbons (Fsp3) is 0.278. The van der Waals surface area contributed by atoms with Crippen molar-refractivity contribution in [3.8, 4) is 5.69 Å². The van der Waals surface area contributed by atoms with Gasteiger partial charge >= 0.3 is 5.97 Å². The first-order chi connectivity index (χ1) is 12.1. The van der Waals surface area contributed by atoms with Crippen molar-refractivity contribution < 1.29 is 19.1 Å². The molecule has 0 fully saturated rings. The first kappa shape index (κ1) is 18.4. The zero-order valence-electron chi connectivity index (χ0n) is 14.1. The maximum atomic E-state index is 11.8. The Morgan fingerprint density at radius 3 is 2.84 bits per heavy atom. The van der Waals surface area contributed by atoms with Gasteiger partial charge in [-0.3, -0.25) is 4.79 Å². The van der Waals surface area contributed by atoms with E-state index in [0.717, 1.165) is 11.3 Å². The van der Waals surface area contributed by atoms with E-state index in [4.69, 9.17) is 9.47 Å². The third-order valence-electron chi connectivity index (χ3n) is 3.29. The van der Waals surface area contributed by atoms with Gasteiger partial charge in [-0.05, 0) is 19.1 Å². The van der Waals surface area contributed by atoms with Crippen LogP contribution in [0.1, 0.15) is 12.5 Å². The standard InChI is InChI=1S/C18H21N3O4/c1-3-9-24-14(2)18(23)25-13-17(22)19-10-15-11-20-21(12-15)16-7-5-4-6-8-16/h3-8,11-12,14H,1,9-10,13H2,2H3,(H,19,22). The number of nitrogens with zero attached hydrogens (tertiary/aromatic N) is 2. The van der Waals surface area contributed by atoms with Gasteiger partial charge in [0, 0.05) is 18.3 Å². The molecule has 2 rings (SSSR count). The van der Waals surface area contributed by atoms with Gasteiger partial charge in [0.2, 0.25) is 0 Å². The van der Waals surface area contributed by atoms with Crippen molar-refractivity contribution in [3.05, 3.63) is 60.9 Å². The number of rotatable bonds is 9. The van der Waals surface area contributed by atoms with E-state index < -0.39 is 18.0 Å². The first-order valence-corrected chi connectivity index (χ1v) is 7.85. The highest BCUT2D eigenvalue weighted by Gasteiger charge is 2.16. The molecule has 1 N–H and O–H groups in total. The third-order valence-corrected chi connectivity index (χ3v) is 3.29. The molecule has 1 aromatic heterocycles. The molecular formula is C18H21N3O4. The normalized spacial score (nSPS) is 11.6. The summed E-state index contributed by atoms with van der Waals surface area (Å²) in [5, 5.41) is 6.92. The summed E-state index contributed by atoms with van der Waals surface area (Å²) in [4.78, 5) is 23.4. The number of carbonyl (C=O) groups excluding carboxylic acids is 2. The molecule has 7 nitrogen and oxygen atoms in total. The van der Waals surface area contributed by atoms with Crippen LogP contribution in [0.2, 0.25) is 0 Å². The lowest BCUT2D eigenvalue weighted by Crippen LogP contribution is -2.31. The Morgan fingerprint density at radius 2 is 2.12 bits per heavy atom. The van der Waals surface area contributed by atoms with Crippen LogP contribution in [0.25, 0.3) is 5.69 Å². The van der Waals surface area contributed by atoms with Crippen LogP contribution in [0, 0.1) is 0 Å². The lowest BCUT2D eigenvalue weighted by Gasteiger charge is -2.11. The van der Waals surface area contributed by atoms with Gasteiger partial charge in [-0.1, -0.05) is 24.3 Å². The van der Waals surface area contributed by atoms with E-state index in [2.05, 4.69) is 17.0 Å². The summed E-state index contributed by atoms with van der Waals surface area (Å²) in [5.74, 6) is -0.981. The largest absolute Gasteiger partial charge is 0.454 e. The number of aromatic nitrogens is 2. The number of hydrogen-bond acceptors (Lipinski definition) is 5. The van der Waals surface area contributed by atoms with E-state index in [-0.39, 0.29) is 13.2 Å². The van der Waals surface area contributed by atoms with E-state index >= 15 is 0 Å². The minimum atomic E-state index is -0.741. The second-order valence-electron chi connectivity index (χ2n) is 5.28. The highest BCUT2D eigenvalue weighted by molar-refractivity contribution is 5.81. The van der Waals surface area contributed by atoms with Gasteiger partial charge in [-0.25, -0.2) is 9.48 Å². The molecule has 1 aromatic carbocycles. The van der Waals surface area contributed by atoms with Crippen LogP contribution in [-0.2, 0) is 25.6 Å². The summed E-state index contributed by atoms with van der Waals surface area (Å²) in [5.41, 5.74) is 1.77. The van der Waals surface area contributed by atoms with Crippen molar-refractivity contribution >= 4 is 11.9 Å². The maximum absolute atomic E-state index is 11.8. The molecule has 0 aliphatic rings. The summed E-state index contributed by atoms with van der Waals surface area (Å²) in [7, 11) is 0. The molecule has 0 saturated carbocycles. The zero-order valence-corrected chi connectivity index (χ0v) is 14.1. The van der Waals surface area contributed by atoms with Gasteiger partial charge in [0.1, 0.15) is 0 Å². The summed E-state index contributed by atoms with van der Waals surface area (Å²) in [6.45, 7) is 5.24. The predicted molar refractivity (Wildman–Crippen MR) is 92.0 cm³/mol. The van der Waals surface area contributed by atoms with E-state index in [1.165, 1.54) is 6.08 Å². The molecule has 1 unspecified atom stereocenters. The summed E-state index contributed by atoms with van der Waals surface area (Å²) in [6.07, 6.45) is 4.29. The minimum absolute atomic E-state index is 0.244. The van der Waals surface area contributed by atoms with Crippen LogP contribution in [0.4, 0.5) is 0 Å². The van der Waals surface area contributed by atoms with Crippen molar-refractivity contribution in [2.24, 2.45) is 0 Å². The lowest BCUT2D eigenvalue weighted by atomic mass is 10.3. The second kappa shape index (κ2) is 9.39. The van der Waals surface area contributed by atoms with Crippen LogP contribution >= 0.6 is 0 Å². The number of ether oxygens (including phenoxy) is 2. The Balaban J connectivity index is 1.74. The lowest BCUT2D eigenvalue weighted by molar-refractivity contribution is -0.158. The molecule has 1 atom stereocenters. The van der Waals surface area contributed by atoms with E-state index in [9.17, 15) is 9.59 Å². The van der Waals surface area contributed by atoms with Gasteiger partial charge in [-0.2, -0.15) is 5.10 Å². The van der Waals surface area contributed by atoms with E-state index in [1.54, 1.807) is 17.8 Å². The van der Waals surface area contributed by atoms with Gasteiger partial charge in [0.25, 0.3) is 5.91 Å². The molecule has 0 bridgehead atoms. The average Bonchev–Trinajstić information content (AvgIpc) is 3.12. The van der Waals surface area contributed by atoms with Gasteiger partial charge in [0.15, 0.2) is 12.7 Å². The van der Waals surface area contributed by atoms with Crippen LogP contribution in [0.5, 0.6) is 0 Å². The van der Waals surface area contributed by atoms with Crippen molar-refractivity contribution in [3.63, 3.8) is 0 Å². The molecule has 0 aliphatic carbocycles. The SMILES string of the molecule is C=CCOC(C)C(=O)OCC(=O)NCc1cnn(-c2ccccc2)c1. The zero-order chi connectivity index (χ0) is 18.1. The monoisotopic (exact) mass is 343 g/mol. The Morgan fingerprint density at radius 1 is 1.36 bits per heavy atom. The van der Waals surface area contributed by atoms with E-state index in [0.29, 0.717) is 6.54 Å². The number of amides is 1. The Kier molecular flexibility index (Phi) is 6.91. The predicted octanol–water partition coefficient (Wildman–Crippen LogP) is 1.62. The first-order valence-electron chi connectivity index (χ1n) is 7.85. The molecule has 7 heteroatoms. The van der Waals surface area contributed by atoms with Crippen molar-refractivity contribution in [1.29, 1.82) is 0 Å². The highest BCUT2D eigenvalue weighted by Crippen LogP contribution is 2.07.